The van der Waals surface area contributed by atoms with Gasteiger partial charge in [0, 0.05) is 23.5 Å². The summed E-state index contributed by atoms with van der Waals surface area (Å²) in [6.07, 6.45) is 2.99. The number of sulfonamides is 1. The van der Waals surface area contributed by atoms with Gasteiger partial charge in [0.25, 0.3) is 15.9 Å². The Labute approximate surface area is 242 Å². The number of hydrogen-bond donors (Lipinski definition) is 2. The normalized spacial score (nSPS) is 14.0. The predicted octanol–water partition coefficient (Wildman–Crippen LogP) is 4.17. The van der Waals surface area contributed by atoms with E-state index in [2.05, 4.69) is 15.8 Å². The van der Waals surface area contributed by atoms with Gasteiger partial charge in [0.15, 0.2) is 0 Å². The van der Waals surface area contributed by atoms with Crippen molar-refractivity contribution in [3.05, 3.63) is 113 Å². The molecule has 2 amide bonds. The molecule has 0 saturated heterocycles. The monoisotopic (exact) mass is 581 g/mol. The molecule has 3 N–H and O–H groups in total. The summed E-state index contributed by atoms with van der Waals surface area (Å²) >= 11 is 0. The van der Waals surface area contributed by atoms with Crippen molar-refractivity contribution in [3.63, 3.8) is 0 Å². The number of aromatic nitrogens is 1. The van der Waals surface area contributed by atoms with Gasteiger partial charge in [-0.15, -0.1) is 4.40 Å². The molecule has 0 atom stereocenters. The highest BCUT2D eigenvalue weighted by atomic mass is 32.2. The summed E-state index contributed by atoms with van der Waals surface area (Å²) in [5.74, 6) is -0.365. The lowest BCUT2D eigenvalue weighted by atomic mass is 9.96. The molecular formula is C31H27N5O5S. The molecule has 1 saturated carbocycles. The number of ether oxygens (including phenoxy) is 1. The van der Waals surface area contributed by atoms with Crippen molar-refractivity contribution in [1.82, 2.24) is 4.57 Å². The summed E-state index contributed by atoms with van der Waals surface area (Å²) in [5.41, 5.74) is 7.55. The highest BCUT2D eigenvalue weighted by molar-refractivity contribution is 7.90. The van der Waals surface area contributed by atoms with Gasteiger partial charge >= 0.3 is 0 Å². The number of aryl methyl sites for hydroxylation is 1. The number of rotatable bonds is 9. The molecule has 10 nitrogen and oxygen atoms in total. The molecule has 0 aliphatic heterocycles. The molecule has 0 unspecified atom stereocenters. The van der Waals surface area contributed by atoms with Crippen LogP contribution in [-0.2, 0) is 26.8 Å². The van der Waals surface area contributed by atoms with Gasteiger partial charge in [0.1, 0.15) is 23.5 Å². The van der Waals surface area contributed by atoms with Gasteiger partial charge < -0.3 is 20.4 Å². The van der Waals surface area contributed by atoms with Crippen LogP contribution in [0, 0.1) is 18.3 Å². The molecule has 0 radical (unpaired) electrons. The minimum absolute atomic E-state index is 0.00524. The van der Waals surface area contributed by atoms with E-state index in [1.165, 1.54) is 35.0 Å². The lowest BCUT2D eigenvalue weighted by Gasteiger charge is -2.12. The quantitative estimate of drug-likeness (QED) is 0.302. The van der Waals surface area contributed by atoms with E-state index < -0.39 is 21.3 Å². The molecule has 11 heteroatoms. The Morgan fingerprint density at radius 2 is 1.76 bits per heavy atom. The molecule has 1 aromatic heterocycles. The molecule has 42 heavy (non-hydrogen) atoms. The molecule has 1 aliphatic carbocycles. The second kappa shape index (κ2) is 11.3. The number of anilines is 1. The number of carbonyl (C=O) groups is 2. The fraction of sp³-hybridized carbons (Fsp3) is 0.161. The summed E-state index contributed by atoms with van der Waals surface area (Å²) in [6, 6.07) is 25.3. The number of nitrogens with two attached hydrogens (primary N) is 1. The van der Waals surface area contributed by atoms with Crippen molar-refractivity contribution in [3.8, 4) is 17.6 Å². The average molecular weight is 582 g/mol. The van der Waals surface area contributed by atoms with E-state index in [1.54, 1.807) is 54.6 Å². The number of hydrogen-bond acceptors (Lipinski definition) is 6. The summed E-state index contributed by atoms with van der Waals surface area (Å²) in [7, 11) is -4.05. The molecule has 3 aromatic carbocycles. The average Bonchev–Trinajstić information content (AvgIpc) is 3.76. The summed E-state index contributed by atoms with van der Waals surface area (Å²) in [5, 5.41) is 12.3. The van der Waals surface area contributed by atoms with E-state index in [4.69, 9.17) is 10.5 Å². The van der Waals surface area contributed by atoms with Gasteiger partial charge in [-0.25, -0.2) is 0 Å². The Balaban J connectivity index is 1.36. The van der Waals surface area contributed by atoms with E-state index >= 15 is 0 Å². The van der Waals surface area contributed by atoms with Gasteiger partial charge in [0.2, 0.25) is 5.91 Å². The number of amides is 2. The third-order valence-electron chi connectivity index (χ3n) is 6.80. The number of nitrogens with zero attached hydrogens (tertiary/aromatic N) is 3. The van der Waals surface area contributed by atoms with Crippen molar-refractivity contribution in [2.75, 3.05) is 5.32 Å². The van der Waals surface area contributed by atoms with E-state index in [9.17, 15) is 23.3 Å². The van der Waals surface area contributed by atoms with Gasteiger partial charge in [-0.1, -0.05) is 35.9 Å². The summed E-state index contributed by atoms with van der Waals surface area (Å²) in [6.45, 7) is 1.51. The maximum atomic E-state index is 12.9. The Kier molecular flexibility index (Phi) is 7.65. The van der Waals surface area contributed by atoms with Crippen LogP contribution in [0.1, 0.15) is 34.3 Å². The molecule has 1 fully saturated rings. The topological polar surface area (TPSA) is 157 Å². The van der Waals surface area contributed by atoms with E-state index in [1.807, 2.05) is 13.0 Å². The van der Waals surface area contributed by atoms with Crippen LogP contribution in [0.2, 0.25) is 0 Å². The number of pyridine rings is 1. The number of carbonyl (C=O) groups excluding carboxylic acids is 2. The highest BCUT2D eigenvalue weighted by Crippen LogP contribution is 2.47. The molecule has 212 valence electrons. The summed E-state index contributed by atoms with van der Waals surface area (Å²) in [4.78, 5) is 24.7. The lowest BCUT2D eigenvalue weighted by Crippen LogP contribution is -2.28. The first-order valence-electron chi connectivity index (χ1n) is 13.0. The van der Waals surface area contributed by atoms with E-state index in [0.29, 0.717) is 17.0 Å². The Morgan fingerprint density at radius 3 is 2.45 bits per heavy atom. The van der Waals surface area contributed by atoms with Crippen LogP contribution >= 0.6 is 0 Å². The van der Waals surface area contributed by atoms with Gasteiger partial charge in [-0.2, -0.15) is 13.7 Å². The molecule has 4 aromatic rings. The second-order valence-corrected chi connectivity index (χ2v) is 11.7. The van der Waals surface area contributed by atoms with E-state index in [-0.39, 0.29) is 28.6 Å². The molecule has 1 aliphatic rings. The maximum absolute atomic E-state index is 12.9. The first-order chi connectivity index (χ1) is 20.1. The molecular weight excluding hydrogens is 554 g/mol. The van der Waals surface area contributed by atoms with Crippen LogP contribution in [0.15, 0.2) is 100 Å². The smallest absolute Gasteiger partial charge is 0.284 e. The van der Waals surface area contributed by atoms with Crippen molar-refractivity contribution < 1.29 is 22.7 Å². The zero-order chi connectivity index (χ0) is 29.9. The zero-order valence-electron chi connectivity index (χ0n) is 22.7. The fourth-order valence-electron chi connectivity index (χ4n) is 4.36. The number of nitrogens with one attached hydrogen (secondary N) is 1. The molecule has 0 bridgehead atoms. The SMILES string of the molecule is Cc1ccc(S(=O)(=O)N=c2ccc(Oc3cccc(NC(=O)c4cccc(C5(C#N)CC5)c4)c3)cn2CC(N)=O)cc1. The van der Waals surface area contributed by atoms with Crippen molar-refractivity contribution in [2.24, 2.45) is 10.1 Å². The number of primary amides is 1. The Hall–Kier alpha value is -5.21. The molecule has 1 heterocycles. The summed E-state index contributed by atoms with van der Waals surface area (Å²) < 4.78 is 36.9. The first kappa shape index (κ1) is 28.3. The van der Waals surface area contributed by atoms with E-state index in [0.717, 1.165) is 24.0 Å². The van der Waals surface area contributed by atoms with Crippen LogP contribution < -0.4 is 21.3 Å². The minimum atomic E-state index is -4.05. The molecule has 5 rings (SSSR count). The highest BCUT2D eigenvalue weighted by Gasteiger charge is 2.45. The maximum Gasteiger partial charge on any atom is 0.284 e. The van der Waals surface area contributed by atoms with Crippen molar-refractivity contribution in [2.45, 2.75) is 36.6 Å². The Morgan fingerprint density at radius 1 is 1.02 bits per heavy atom. The first-order valence-corrected chi connectivity index (χ1v) is 14.5. The van der Waals surface area contributed by atoms with Crippen LogP contribution in [0.25, 0.3) is 0 Å². The number of benzene rings is 3. The van der Waals surface area contributed by atoms with Crippen molar-refractivity contribution >= 4 is 27.5 Å². The Bertz CT molecular complexity index is 1900. The van der Waals surface area contributed by atoms with Gasteiger partial charge in [0.05, 0.1) is 16.4 Å². The molecule has 0 spiro atoms. The van der Waals surface area contributed by atoms with Gasteiger partial charge in [-0.3, -0.25) is 9.59 Å². The third-order valence-corrected chi connectivity index (χ3v) is 8.10. The largest absolute Gasteiger partial charge is 0.456 e. The van der Waals surface area contributed by atoms with Crippen LogP contribution in [0.3, 0.4) is 0 Å². The third kappa shape index (κ3) is 6.40. The lowest BCUT2D eigenvalue weighted by molar-refractivity contribution is -0.118. The second-order valence-electron chi connectivity index (χ2n) is 10.1. The predicted molar refractivity (Wildman–Crippen MR) is 155 cm³/mol. The van der Waals surface area contributed by atoms with Crippen LogP contribution in [0.4, 0.5) is 5.69 Å². The van der Waals surface area contributed by atoms with Crippen molar-refractivity contribution in [1.29, 1.82) is 5.26 Å². The minimum Gasteiger partial charge on any atom is -0.456 e. The van der Waals surface area contributed by atoms with Gasteiger partial charge in [-0.05, 0) is 73.9 Å². The van der Waals surface area contributed by atoms with Crippen LogP contribution in [0.5, 0.6) is 11.5 Å². The zero-order valence-corrected chi connectivity index (χ0v) is 23.5. The number of nitriles is 1. The standard InChI is InChI=1S/C31H27N5O5S/c1-21-8-11-27(12-9-21)42(39,40)35-29-13-10-26(18-36(29)19-28(33)37)41-25-7-3-6-24(17-25)34-30(38)22-4-2-5-23(16-22)31(20-32)14-15-31/h2-13,16-18H,14-15,19H2,1H3,(H2,33,37)(H,34,38). The van der Waals surface area contributed by atoms with Crippen LogP contribution in [-0.4, -0.2) is 24.8 Å². The fourth-order valence-corrected chi connectivity index (χ4v) is 5.36.